The molecular weight excluding hydrogens is 555 g/mol. The van der Waals surface area contributed by atoms with Crippen LogP contribution in [0.25, 0.3) is 60.0 Å². The van der Waals surface area contributed by atoms with Gasteiger partial charge in [-0.1, -0.05) is 107 Å². The van der Waals surface area contributed by atoms with E-state index in [1.54, 1.807) is 11.3 Å². The van der Waals surface area contributed by atoms with Crippen LogP contribution < -0.4 is 4.57 Å². The molecule has 0 fully saturated rings. The van der Waals surface area contributed by atoms with Gasteiger partial charge in [0, 0.05) is 16.7 Å². The maximum absolute atomic E-state index is 5.13. The Bertz CT molecular complexity index is 2100. The van der Waals surface area contributed by atoms with Gasteiger partial charge in [-0.25, -0.2) is 9.55 Å². The van der Waals surface area contributed by atoms with Crippen molar-refractivity contribution in [3.63, 3.8) is 0 Å². The zero-order chi connectivity index (χ0) is 30.5. The van der Waals surface area contributed by atoms with E-state index in [0.29, 0.717) is 11.8 Å². The molecule has 0 atom stereocenters. The van der Waals surface area contributed by atoms with Gasteiger partial charge in [0.1, 0.15) is 10.7 Å². The number of aromatic nitrogens is 3. The van der Waals surface area contributed by atoms with E-state index in [1.807, 2.05) is 0 Å². The van der Waals surface area contributed by atoms with Crippen molar-refractivity contribution < 1.29 is 4.57 Å². The van der Waals surface area contributed by atoms with Crippen LogP contribution in [0.4, 0.5) is 0 Å². The highest BCUT2D eigenvalue weighted by molar-refractivity contribution is 7.22. The molecule has 2 heterocycles. The molecule has 0 saturated heterocycles. The Labute approximate surface area is 264 Å². The van der Waals surface area contributed by atoms with E-state index in [-0.39, 0.29) is 0 Å². The smallest absolute Gasteiger partial charge is 0.236 e. The Morgan fingerprint density at radius 3 is 1.91 bits per heavy atom. The Kier molecular flexibility index (Phi) is 7.18. The standard InChI is InChI=1S/C40H38N3S/c1-25(2)31-23-30(28-15-9-7-10-16-28)24-32(26(3)4)37(31)43-35-20-14-13-19-34(35)42(6)40(43)36-27(5)21-22-33-38(36)44-39(41-33)29-17-11-8-12-18-29/h7-26H,1-6H3/q+1. The van der Waals surface area contributed by atoms with Gasteiger partial charge in [0.25, 0.3) is 5.82 Å². The molecule has 0 aliphatic rings. The summed E-state index contributed by atoms with van der Waals surface area (Å²) in [6, 6.07) is 39.4. The van der Waals surface area contributed by atoms with E-state index in [0.717, 1.165) is 16.1 Å². The number of para-hydroxylation sites is 2. The molecule has 0 aliphatic carbocycles. The minimum Gasteiger partial charge on any atom is -0.236 e. The van der Waals surface area contributed by atoms with Crippen LogP contribution in [0.1, 0.15) is 56.2 Å². The van der Waals surface area contributed by atoms with Gasteiger partial charge in [0.05, 0.1) is 22.8 Å². The third-order valence-electron chi connectivity index (χ3n) is 8.77. The van der Waals surface area contributed by atoms with Crippen LogP contribution in [0.15, 0.2) is 109 Å². The van der Waals surface area contributed by atoms with Gasteiger partial charge in [-0.15, -0.1) is 11.3 Å². The van der Waals surface area contributed by atoms with Crippen LogP contribution in [-0.2, 0) is 7.05 Å². The van der Waals surface area contributed by atoms with Crippen molar-refractivity contribution in [2.24, 2.45) is 7.05 Å². The molecule has 0 radical (unpaired) electrons. The van der Waals surface area contributed by atoms with E-state index in [4.69, 9.17) is 4.98 Å². The number of rotatable bonds is 6. The largest absolute Gasteiger partial charge is 0.296 e. The highest BCUT2D eigenvalue weighted by Gasteiger charge is 2.33. The van der Waals surface area contributed by atoms with Crippen LogP contribution in [-0.4, -0.2) is 9.55 Å². The summed E-state index contributed by atoms with van der Waals surface area (Å²) in [6.07, 6.45) is 0. The number of fused-ring (bicyclic) bond motifs is 2. The molecule has 0 saturated carbocycles. The molecule has 218 valence electrons. The summed E-state index contributed by atoms with van der Waals surface area (Å²) in [6.45, 7) is 11.5. The second kappa shape index (κ2) is 11.2. The summed E-state index contributed by atoms with van der Waals surface area (Å²) in [5.74, 6) is 1.85. The van der Waals surface area contributed by atoms with E-state index in [2.05, 4.69) is 160 Å². The molecule has 7 aromatic rings. The quantitative estimate of drug-likeness (QED) is 0.176. The number of imidazole rings is 1. The molecule has 0 unspecified atom stereocenters. The fourth-order valence-electron chi connectivity index (χ4n) is 6.51. The van der Waals surface area contributed by atoms with Gasteiger partial charge in [-0.05, 0) is 65.8 Å². The molecule has 2 aromatic heterocycles. The molecular formula is C40H38N3S+. The average molecular weight is 593 g/mol. The van der Waals surface area contributed by atoms with Crippen LogP contribution in [0.5, 0.6) is 0 Å². The lowest BCUT2D eigenvalue weighted by molar-refractivity contribution is -0.633. The summed E-state index contributed by atoms with van der Waals surface area (Å²) in [4.78, 5) is 5.13. The lowest BCUT2D eigenvalue weighted by Gasteiger charge is -2.21. The highest BCUT2D eigenvalue weighted by Crippen LogP contribution is 2.43. The molecule has 0 spiro atoms. The van der Waals surface area contributed by atoms with Crippen LogP contribution >= 0.6 is 11.3 Å². The minimum absolute atomic E-state index is 0.329. The number of hydrogen-bond acceptors (Lipinski definition) is 2. The maximum atomic E-state index is 5.13. The number of hydrogen-bond donors (Lipinski definition) is 0. The minimum atomic E-state index is 0.329. The normalized spacial score (nSPS) is 11.8. The van der Waals surface area contributed by atoms with Crippen molar-refractivity contribution in [3.05, 3.63) is 126 Å². The first kappa shape index (κ1) is 28.2. The molecule has 3 nitrogen and oxygen atoms in total. The van der Waals surface area contributed by atoms with E-state index < -0.39 is 0 Å². The van der Waals surface area contributed by atoms with Crippen molar-refractivity contribution in [2.75, 3.05) is 0 Å². The van der Waals surface area contributed by atoms with Crippen molar-refractivity contribution in [1.82, 2.24) is 9.55 Å². The van der Waals surface area contributed by atoms with E-state index >= 15 is 0 Å². The topological polar surface area (TPSA) is 21.7 Å². The molecule has 0 N–H and O–H groups in total. The zero-order valence-corrected chi connectivity index (χ0v) is 27.1. The Morgan fingerprint density at radius 1 is 0.682 bits per heavy atom. The van der Waals surface area contributed by atoms with E-state index in [1.165, 1.54) is 60.6 Å². The maximum Gasteiger partial charge on any atom is 0.296 e. The summed E-state index contributed by atoms with van der Waals surface area (Å²) in [5, 5.41) is 1.05. The SMILES string of the molecule is Cc1ccc2nc(-c3ccccc3)sc2c1-c1n(-c2c(C(C)C)cc(-c3ccccc3)cc2C(C)C)c2ccccc2[n+]1C. The number of benzene rings is 5. The monoisotopic (exact) mass is 592 g/mol. The fraction of sp³-hybridized carbons (Fsp3) is 0.200. The third kappa shape index (κ3) is 4.65. The van der Waals surface area contributed by atoms with Crippen LogP contribution in [0.2, 0.25) is 0 Å². The zero-order valence-electron chi connectivity index (χ0n) is 26.3. The molecule has 5 aromatic carbocycles. The van der Waals surface area contributed by atoms with Crippen molar-refractivity contribution >= 4 is 32.6 Å². The lowest BCUT2D eigenvalue weighted by atomic mass is 9.88. The van der Waals surface area contributed by atoms with Gasteiger partial charge in [0.2, 0.25) is 0 Å². The molecule has 0 amide bonds. The predicted molar refractivity (Wildman–Crippen MR) is 187 cm³/mol. The third-order valence-corrected chi connectivity index (χ3v) is 9.91. The second-order valence-electron chi connectivity index (χ2n) is 12.4. The predicted octanol–water partition coefficient (Wildman–Crippen LogP) is 10.6. The molecule has 7 rings (SSSR count). The van der Waals surface area contributed by atoms with Crippen LogP contribution in [0, 0.1) is 6.92 Å². The Balaban J connectivity index is 1.60. The molecule has 44 heavy (non-hydrogen) atoms. The first-order valence-corrected chi connectivity index (χ1v) is 16.3. The van der Waals surface area contributed by atoms with Gasteiger partial charge in [-0.3, -0.25) is 0 Å². The lowest BCUT2D eigenvalue weighted by Crippen LogP contribution is -2.30. The fourth-order valence-corrected chi connectivity index (χ4v) is 7.67. The molecule has 4 heteroatoms. The van der Waals surface area contributed by atoms with Gasteiger partial charge in [-0.2, -0.15) is 4.57 Å². The summed E-state index contributed by atoms with van der Waals surface area (Å²) >= 11 is 1.79. The summed E-state index contributed by atoms with van der Waals surface area (Å²) < 4.78 is 6.16. The Morgan fingerprint density at radius 2 is 1.27 bits per heavy atom. The van der Waals surface area contributed by atoms with Crippen molar-refractivity contribution in [3.8, 4) is 38.8 Å². The Hall–Kier alpha value is -4.54. The van der Waals surface area contributed by atoms with Gasteiger partial charge in [0.15, 0.2) is 11.0 Å². The van der Waals surface area contributed by atoms with Crippen molar-refractivity contribution in [1.29, 1.82) is 0 Å². The summed E-state index contributed by atoms with van der Waals surface area (Å²) in [7, 11) is 2.22. The average Bonchev–Trinajstić information content (AvgIpc) is 3.60. The number of nitrogens with zero attached hydrogens (tertiary/aromatic N) is 3. The van der Waals surface area contributed by atoms with Gasteiger partial charge < -0.3 is 0 Å². The second-order valence-corrected chi connectivity index (χ2v) is 13.4. The van der Waals surface area contributed by atoms with Gasteiger partial charge >= 0.3 is 0 Å². The number of thiazole rings is 1. The molecule has 0 bridgehead atoms. The molecule has 0 aliphatic heterocycles. The van der Waals surface area contributed by atoms with Crippen LogP contribution in [0.3, 0.4) is 0 Å². The first-order chi connectivity index (χ1) is 21.3. The highest BCUT2D eigenvalue weighted by atomic mass is 32.1. The summed E-state index contributed by atoms with van der Waals surface area (Å²) in [5.41, 5.74) is 13.7. The van der Waals surface area contributed by atoms with E-state index in [9.17, 15) is 0 Å². The van der Waals surface area contributed by atoms with Crippen molar-refractivity contribution in [2.45, 2.75) is 46.5 Å². The number of aryl methyl sites for hydroxylation is 2. The first-order valence-electron chi connectivity index (χ1n) is 15.5.